The van der Waals surface area contributed by atoms with E-state index in [-0.39, 0.29) is 0 Å². The Labute approximate surface area is 56.4 Å². The molecule has 2 atom stereocenters. The molecule has 0 bridgehead atoms. The van der Waals surface area contributed by atoms with E-state index in [0.717, 1.165) is 25.9 Å². The zero-order valence-corrected chi connectivity index (χ0v) is 5.97. The molecular weight excluding hydrogens is 114 g/mol. The van der Waals surface area contributed by atoms with Crippen LogP contribution in [0.2, 0.25) is 0 Å². The Morgan fingerprint density at radius 3 is 2.78 bits per heavy atom. The second-order valence-electron chi connectivity index (χ2n) is 2.65. The molecule has 1 fully saturated rings. The average molecular weight is 129 g/mol. The summed E-state index contributed by atoms with van der Waals surface area (Å²) in [5.74, 6) is 0. The van der Waals surface area contributed by atoms with Crippen LogP contribution in [0.1, 0.15) is 26.2 Å². The summed E-state index contributed by atoms with van der Waals surface area (Å²) in [5, 5.41) is 0. The van der Waals surface area contributed by atoms with Crippen molar-refractivity contribution in [3.8, 4) is 0 Å². The fraction of sp³-hybridized carbons (Fsp3) is 1.00. The fourth-order valence-corrected chi connectivity index (χ4v) is 1.36. The molecule has 1 aliphatic carbocycles. The monoisotopic (exact) mass is 129 g/mol. The van der Waals surface area contributed by atoms with Crippen molar-refractivity contribution < 1.29 is 4.74 Å². The fourth-order valence-electron chi connectivity index (χ4n) is 1.36. The van der Waals surface area contributed by atoms with Gasteiger partial charge in [-0.05, 0) is 26.2 Å². The molecule has 0 heterocycles. The van der Waals surface area contributed by atoms with Gasteiger partial charge in [0.1, 0.15) is 0 Å². The predicted octanol–water partition coefficient (Wildman–Crippen LogP) is 0.903. The van der Waals surface area contributed by atoms with Gasteiger partial charge in [0.05, 0.1) is 6.10 Å². The van der Waals surface area contributed by atoms with Crippen LogP contribution in [-0.4, -0.2) is 18.8 Å². The summed E-state index contributed by atoms with van der Waals surface area (Å²) in [6.07, 6.45) is 3.83. The van der Waals surface area contributed by atoms with Crippen molar-refractivity contribution in [3.63, 3.8) is 0 Å². The van der Waals surface area contributed by atoms with Crippen LogP contribution < -0.4 is 5.73 Å². The first-order valence-corrected chi connectivity index (χ1v) is 3.70. The van der Waals surface area contributed by atoms with Crippen molar-refractivity contribution in [2.75, 3.05) is 6.61 Å². The Kier molecular flexibility index (Phi) is 2.49. The largest absolute Gasteiger partial charge is 0.378 e. The normalized spacial score (nSPS) is 35.3. The van der Waals surface area contributed by atoms with E-state index >= 15 is 0 Å². The second kappa shape index (κ2) is 3.18. The van der Waals surface area contributed by atoms with Crippen LogP contribution in [-0.2, 0) is 4.74 Å². The number of rotatable bonds is 2. The van der Waals surface area contributed by atoms with Crippen molar-refractivity contribution in [3.05, 3.63) is 0 Å². The first kappa shape index (κ1) is 7.03. The first-order chi connectivity index (χ1) is 4.33. The Balaban J connectivity index is 2.14. The lowest BCUT2D eigenvalue weighted by atomic mass is 10.3. The summed E-state index contributed by atoms with van der Waals surface area (Å²) in [5.41, 5.74) is 5.68. The van der Waals surface area contributed by atoms with Gasteiger partial charge in [-0.15, -0.1) is 0 Å². The van der Waals surface area contributed by atoms with Crippen LogP contribution in [0.4, 0.5) is 0 Å². The standard InChI is InChI=1S/C7H15NO/c1-2-9-7-4-3-6(8)5-7/h6-7H,2-5,8H2,1H3. The molecule has 9 heavy (non-hydrogen) atoms. The van der Waals surface area contributed by atoms with Gasteiger partial charge in [0.25, 0.3) is 0 Å². The highest BCUT2D eigenvalue weighted by Gasteiger charge is 2.21. The maximum Gasteiger partial charge on any atom is 0.0590 e. The molecule has 0 aromatic carbocycles. The minimum absolute atomic E-state index is 0.404. The summed E-state index contributed by atoms with van der Waals surface area (Å²) in [6, 6.07) is 0.404. The summed E-state index contributed by atoms with van der Waals surface area (Å²) < 4.78 is 5.39. The zero-order chi connectivity index (χ0) is 6.69. The molecule has 54 valence electrons. The lowest BCUT2D eigenvalue weighted by Crippen LogP contribution is -2.17. The number of nitrogens with two attached hydrogens (primary N) is 1. The van der Waals surface area contributed by atoms with Crippen molar-refractivity contribution in [2.45, 2.75) is 38.3 Å². The molecule has 1 rings (SSSR count). The van der Waals surface area contributed by atoms with E-state index < -0.39 is 0 Å². The van der Waals surface area contributed by atoms with Crippen LogP contribution in [0, 0.1) is 0 Å². The van der Waals surface area contributed by atoms with Gasteiger partial charge in [-0.1, -0.05) is 0 Å². The number of hydrogen-bond acceptors (Lipinski definition) is 2. The molecule has 2 heteroatoms. The summed E-state index contributed by atoms with van der Waals surface area (Å²) in [4.78, 5) is 0. The third-order valence-electron chi connectivity index (χ3n) is 1.83. The van der Waals surface area contributed by atoms with E-state index in [1.807, 2.05) is 6.92 Å². The van der Waals surface area contributed by atoms with Crippen LogP contribution in [0.3, 0.4) is 0 Å². The first-order valence-electron chi connectivity index (χ1n) is 3.70. The molecule has 2 unspecified atom stereocenters. The molecular formula is C7H15NO. The van der Waals surface area contributed by atoms with Crippen LogP contribution in [0.15, 0.2) is 0 Å². The molecule has 0 radical (unpaired) electrons. The van der Waals surface area contributed by atoms with Crippen molar-refractivity contribution >= 4 is 0 Å². The molecule has 0 spiro atoms. The lowest BCUT2D eigenvalue weighted by Gasteiger charge is -2.07. The van der Waals surface area contributed by atoms with Gasteiger partial charge in [0.15, 0.2) is 0 Å². The molecule has 2 nitrogen and oxygen atoms in total. The van der Waals surface area contributed by atoms with Crippen molar-refractivity contribution in [1.29, 1.82) is 0 Å². The highest BCUT2D eigenvalue weighted by atomic mass is 16.5. The molecule has 0 amide bonds. The van der Waals surface area contributed by atoms with Gasteiger partial charge in [-0.3, -0.25) is 0 Å². The summed E-state index contributed by atoms with van der Waals surface area (Å²) in [6.45, 7) is 2.86. The van der Waals surface area contributed by atoms with E-state index in [2.05, 4.69) is 0 Å². The van der Waals surface area contributed by atoms with E-state index in [1.165, 1.54) is 0 Å². The molecule has 0 aromatic heterocycles. The minimum atomic E-state index is 0.404. The molecule has 1 aliphatic rings. The number of hydrogen-bond donors (Lipinski definition) is 1. The van der Waals surface area contributed by atoms with Gasteiger partial charge < -0.3 is 10.5 Å². The lowest BCUT2D eigenvalue weighted by molar-refractivity contribution is 0.0675. The SMILES string of the molecule is CCOC1CCC(N)C1. The quantitative estimate of drug-likeness (QED) is 0.601. The summed E-state index contributed by atoms with van der Waals surface area (Å²) in [7, 11) is 0. The van der Waals surface area contributed by atoms with Gasteiger partial charge in [0, 0.05) is 12.6 Å². The van der Waals surface area contributed by atoms with E-state index in [9.17, 15) is 0 Å². The summed E-state index contributed by atoms with van der Waals surface area (Å²) >= 11 is 0. The molecule has 1 saturated carbocycles. The van der Waals surface area contributed by atoms with Crippen LogP contribution >= 0.6 is 0 Å². The maximum absolute atomic E-state index is 5.68. The Morgan fingerprint density at radius 1 is 1.56 bits per heavy atom. The van der Waals surface area contributed by atoms with E-state index in [4.69, 9.17) is 10.5 Å². The number of ether oxygens (including phenoxy) is 1. The van der Waals surface area contributed by atoms with E-state index in [1.54, 1.807) is 0 Å². The van der Waals surface area contributed by atoms with Gasteiger partial charge in [0.2, 0.25) is 0 Å². The minimum Gasteiger partial charge on any atom is -0.378 e. The Morgan fingerprint density at radius 2 is 2.33 bits per heavy atom. The molecule has 0 aliphatic heterocycles. The van der Waals surface area contributed by atoms with Crippen molar-refractivity contribution in [1.82, 2.24) is 0 Å². The van der Waals surface area contributed by atoms with Crippen LogP contribution in [0.25, 0.3) is 0 Å². The van der Waals surface area contributed by atoms with Gasteiger partial charge in [-0.2, -0.15) is 0 Å². The average Bonchev–Trinajstić information content (AvgIpc) is 2.17. The maximum atomic E-state index is 5.68. The van der Waals surface area contributed by atoms with Gasteiger partial charge >= 0.3 is 0 Å². The third kappa shape index (κ3) is 1.95. The highest BCUT2D eigenvalue weighted by molar-refractivity contribution is 4.77. The topological polar surface area (TPSA) is 35.2 Å². The third-order valence-corrected chi connectivity index (χ3v) is 1.83. The zero-order valence-electron chi connectivity index (χ0n) is 5.97. The van der Waals surface area contributed by atoms with Crippen molar-refractivity contribution in [2.24, 2.45) is 5.73 Å². The highest BCUT2D eigenvalue weighted by Crippen LogP contribution is 2.19. The predicted molar refractivity (Wildman–Crippen MR) is 37.2 cm³/mol. The Bertz CT molecular complexity index is 83.0. The molecule has 2 N–H and O–H groups in total. The van der Waals surface area contributed by atoms with E-state index in [0.29, 0.717) is 12.1 Å². The van der Waals surface area contributed by atoms with Gasteiger partial charge in [-0.25, -0.2) is 0 Å². The molecule has 0 saturated heterocycles. The van der Waals surface area contributed by atoms with Crippen LogP contribution in [0.5, 0.6) is 0 Å². The Hall–Kier alpha value is -0.0800. The smallest absolute Gasteiger partial charge is 0.0590 e. The second-order valence-corrected chi connectivity index (χ2v) is 2.65. The molecule has 0 aromatic rings.